The van der Waals surface area contributed by atoms with E-state index in [1.54, 1.807) is 26.1 Å². The molecule has 1 saturated carbocycles. The van der Waals surface area contributed by atoms with Crippen molar-refractivity contribution in [2.24, 2.45) is 5.92 Å². The molecule has 1 fully saturated rings. The third-order valence-corrected chi connectivity index (χ3v) is 8.21. The van der Waals surface area contributed by atoms with Gasteiger partial charge in [-0.1, -0.05) is 0 Å². The van der Waals surface area contributed by atoms with Crippen molar-refractivity contribution in [2.75, 3.05) is 17.2 Å². The van der Waals surface area contributed by atoms with Crippen molar-refractivity contribution in [2.45, 2.75) is 51.5 Å². The van der Waals surface area contributed by atoms with Gasteiger partial charge in [0.05, 0.1) is 45.4 Å². The first kappa shape index (κ1) is 29.0. The van der Waals surface area contributed by atoms with Gasteiger partial charge in [0.2, 0.25) is 11.8 Å². The number of rotatable bonds is 7. The van der Waals surface area contributed by atoms with E-state index in [9.17, 15) is 37.3 Å². The van der Waals surface area contributed by atoms with E-state index in [1.165, 1.54) is 18.3 Å². The summed E-state index contributed by atoms with van der Waals surface area (Å²) < 4.78 is 71.0. The van der Waals surface area contributed by atoms with E-state index in [2.05, 4.69) is 30.6 Å². The molecule has 5 rings (SSSR count). The highest BCUT2D eigenvalue weighted by molar-refractivity contribution is 7.21. The molecule has 0 amide bonds. The smallest absolute Gasteiger partial charge is 0.225 e. The molecule has 9 nitrogen and oxygen atoms in total. The SMILES string of the molecule is Cc1nc(N[C@H](C)c2c(F)c(F)c(F)c(F)c2F)nc(N[C@@H]2C[C@H](CO)[C@@H](O)[C@H]2O)c1-c1nc2c(C)nccc2s1. The van der Waals surface area contributed by atoms with Crippen molar-refractivity contribution in [3.05, 3.63) is 58.3 Å². The highest BCUT2D eigenvalue weighted by atomic mass is 32.1. The second-order valence-corrected chi connectivity index (χ2v) is 10.9. The molecule has 0 saturated heterocycles. The van der Waals surface area contributed by atoms with Crippen molar-refractivity contribution in [3.8, 4) is 10.6 Å². The molecule has 5 N–H and O–H groups in total. The van der Waals surface area contributed by atoms with Gasteiger partial charge >= 0.3 is 0 Å². The van der Waals surface area contributed by atoms with Crippen molar-refractivity contribution in [1.82, 2.24) is 19.9 Å². The lowest BCUT2D eigenvalue weighted by Gasteiger charge is -2.22. The van der Waals surface area contributed by atoms with Crippen LogP contribution in [-0.4, -0.2) is 60.1 Å². The number of benzene rings is 1. The Morgan fingerprint density at radius 1 is 0.951 bits per heavy atom. The van der Waals surface area contributed by atoms with Gasteiger partial charge in [-0.05, 0) is 33.3 Å². The van der Waals surface area contributed by atoms with Crippen LogP contribution >= 0.6 is 11.3 Å². The van der Waals surface area contributed by atoms with E-state index in [-0.39, 0.29) is 24.8 Å². The normalized spacial score (nSPS) is 21.4. The predicted molar refractivity (Wildman–Crippen MR) is 141 cm³/mol. The lowest BCUT2D eigenvalue weighted by Crippen LogP contribution is -2.35. The van der Waals surface area contributed by atoms with Gasteiger partial charge in [0.1, 0.15) is 22.4 Å². The van der Waals surface area contributed by atoms with E-state index in [0.29, 0.717) is 27.5 Å². The summed E-state index contributed by atoms with van der Waals surface area (Å²) in [5.41, 5.74) is 1.01. The zero-order valence-corrected chi connectivity index (χ0v) is 22.7. The minimum atomic E-state index is -2.27. The fraction of sp³-hybridized carbons (Fsp3) is 0.385. The summed E-state index contributed by atoms with van der Waals surface area (Å²) in [5, 5.41) is 36.7. The molecule has 4 aromatic rings. The van der Waals surface area contributed by atoms with Crippen molar-refractivity contribution < 1.29 is 37.3 Å². The number of aliphatic hydroxyl groups is 3. The fourth-order valence-electron chi connectivity index (χ4n) is 4.98. The minimum absolute atomic E-state index is 0.129. The zero-order valence-electron chi connectivity index (χ0n) is 21.9. The molecule has 3 aromatic heterocycles. The molecule has 0 aliphatic heterocycles. The van der Waals surface area contributed by atoms with Crippen LogP contribution in [0.25, 0.3) is 20.8 Å². The Morgan fingerprint density at radius 3 is 2.22 bits per heavy atom. The van der Waals surface area contributed by atoms with Gasteiger partial charge in [0.15, 0.2) is 23.3 Å². The monoisotopic (exact) mass is 596 g/mol. The lowest BCUT2D eigenvalue weighted by atomic mass is 10.1. The number of aryl methyl sites for hydroxylation is 2. The molecule has 15 heteroatoms. The quantitative estimate of drug-likeness (QED) is 0.121. The third kappa shape index (κ3) is 5.07. The Balaban J connectivity index is 1.58. The average molecular weight is 597 g/mol. The molecule has 1 aromatic carbocycles. The van der Waals surface area contributed by atoms with Gasteiger partial charge < -0.3 is 26.0 Å². The van der Waals surface area contributed by atoms with E-state index in [0.717, 1.165) is 4.70 Å². The van der Waals surface area contributed by atoms with E-state index < -0.39 is 64.9 Å². The average Bonchev–Trinajstić information content (AvgIpc) is 3.48. The molecule has 1 aliphatic carbocycles. The van der Waals surface area contributed by atoms with Gasteiger partial charge in [-0.2, -0.15) is 4.98 Å². The number of halogens is 5. The number of aliphatic hydroxyl groups excluding tert-OH is 3. The number of nitrogens with zero attached hydrogens (tertiary/aromatic N) is 4. The molecular formula is C26H25F5N6O3S. The third-order valence-electron chi connectivity index (χ3n) is 7.17. The number of hydrogen-bond acceptors (Lipinski definition) is 10. The number of pyridine rings is 1. The lowest BCUT2D eigenvalue weighted by molar-refractivity contribution is 0.00446. The molecule has 3 heterocycles. The Labute approximate surface area is 234 Å². The standard InChI is InChI=1S/C26H25F5N6O3S/c1-8(14-16(27)18(29)20(31)19(30)17(14)28)33-26-34-9(2)15(25-36-21-10(3)32-5-4-13(21)41-25)24(37-26)35-12-6-11(7-38)22(39)23(12)40/h4-5,8,11-12,22-23,38-40H,6-7H2,1-3H3,(H2,33,34,35,37)/t8-,11-,12-,22-,23+/m1/s1. The highest BCUT2D eigenvalue weighted by Gasteiger charge is 2.41. The van der Waals surface area contributed by atoms with Crippen LogP contribution in [0.3, 0.4) is 0 Å². The van der Waals surface area contributed by atoms with E-state index in [4.69, 9.17) is 0 Å². The van der Waals surface area contributed by atoms with Gasteiger partial charge in [-0.3, -0.25) is 4.98 Å². The summed E-state index contributed by atoms with van der Waals surface area (Å²) in [7, 11) is 0. The zero-order chi connectivity index (χ0) is 29.7. The van der Waals surface area contributed by atoms with Crippen LogP contribution in [0.1, 0.15) is 36.3 Å². The highest BCUT2D eigenvalue weighted by Crippen LogP contribution is 2.39. The van der Waals surface area contributed by atoms with Gasteiger partial charge in [0.25, 0.3) is 0 Å². The molecule has 1 aliphatic rings. The Kier molecular flexibility index (Phi) is 7.80. The summed E-state index contributed by atoms with van der Waals surface area (Å²) in [6, 6.07) is -0.419. The van der Waals surface area contributed by atoms with Crippen LogP contribution in [0.2, 0.25) is 0 Å². The summed E-state index contributed by atoms with van der Waals surface area (Å²) in [4.78, 5) is 17.7. The van der Waals surface area contributed by atoms with Crippen molar-refractivity contribution >= 4 is 33.3 Å². The Morgan fingerprint density at radius 2 is 1.61 bits per heavy atom. The number of hydrogen-bond donors (Lipinski definition) is 5. The van der Waals surface area contributed by atoms with Crippen molar-refractivity contribution in [3.63, 3.8) is 0 Å². The molecular weight excluding hydrogens is 571 g/mol. The number of nitrogens with one attached hydrogen (secondary N) is 2. The second kappa shape index (κ2) is 11.0. The Hall–Kier alpha value is -3.53. The summed E-state index contributed by atoms with van der Waals surface area (Å²) >= 11 is 1.32. The van der Waals surface area contributed by atoms with Crippen LogP contribution in [0.4, 0.5) is 33.7 Å². The second-order valence-electron chi connectivity index (χ2n) is 9.88. The summed E-state index contributed by atoms with van der Waals surface area (Å²) in [6.45, 7) is 4.24. The minimum Gasteiger partial charge on any atom is -0.396 e. The van der Waals surface area contributed by atoms with Crippen molar-refractivity contribution in [1.29, 1.82) is 0 Å². The van der Waals surface area contributed by atoms with E-state index in [1.807, 2.05) is 0 Å². The molecule has 0 radical (unpaired) electrons. The molecule has 0 spiro atoms. The molecule has 5 atom stereocenters. The molecule has 0 bridgehead atoms. The maximum Gasteiger partial charge on any atom is 0.225 e. The first-order valence-electron chi connectivity index (χ1n) is 12.5. The van der Waals surface area contributed by atoms with Gasteiger partial charge in [-0.25, -0.2) is 31.9 Å². The van der Waals surface area contributed by atoms with Crippen LogP contribution in [-0.2, 0) is 0 Å². The van der Waals surface area contributed by atoms with Crippen LogP contribution in [0, 0.1) is 48.9 Å². The topological polar surface area (TPSA) is 136 Å². The number of anilines is 2. The maximum absolute atomic E-state index is 14.5. The largest absolute Gasteiger partial charge is 0.396 e. The van der Waals surface area contributed by atoms with Crippen LogP contribution in [0.5, 0.6) is 0 Å². The van der Waals surface area contributed by atoms with Crippen LogP contribution in [0.15, 0.2) is 12.3 Å². The first-order chi connectivity index (χ1) is 19.4. The fourth-order valence-corrected chi connectivity index (χ4v) is 6.09. The van der Waals surface area contributed by atoms with E-state index >= 15 is 0 Å². The van der Waals surface area contributed by atoms with Crippen LogP contribution < -0.4 is 10.6 Å². The number of aromatic nitrogens is 4. The van der Waals surface area contributed by atoms with Gasteiger partial charge in [-0.15, -0.1) is 11.3 Å². The maximum atomic E-state index is 14.5. The predicted octanol–water partition coefficient (Wildman–Crippen LogP) is 4.15. The number of fused-ring (bicyclic) bond motifs is 1. The number of thiazole rings is 1. The molecule has 41 heavy (non-hydrogen) atoms. The Bertz CT molecular complexity index is 1610. The summed E-state index contributed by atoms with van der Waals surface area (Å²) in [5.74, 6) is -11.1. The first-order valence-corrected chi connectivity index (χ1v) is 13.4. The molecule has 218 valence electrons. The summed E-state index contributed by atoms with van der Waals surface area (Å²) in [6.07, 6.45) is -0.637. The molecule has 0 unspecified atom stereocenters. The van der Waals surface area contributed by atoms with Gasteiger partial charge in [0, 0.05) is 18.7 Å².